The monoisotopic (exact) mass is 421 g/mol. The van der Waals surface area contributed by atoms with E-state index in [-0.39, 0.29) is 17.8 Å². The number of halogens is 1. The molecule has 0 saturated carbocycles. The zero-order chi connectivity index (χ0) is 20.7. The number of thiazole rings is 1. The first kappa shape index (κ1) is 19.1. The number of benzene rings is 2. The molecule has 1 saturated heterocycles. The van der Waals surface area contributed by atoms with Crippen LogP contribution in [0, 0.1) is 12.7 Å². The van der Waals surface area contributed by atoms with Gasteiger partial charge in [-0.1, -0.05) is 23.5 Å². The zero-order valence-corrected chi connectivity index (χ0v) is 17.3. The number of ether oxygens (including phenoxy) is 1. The van der Waals surface area contributed by atoms with Crippen molar-refractivity contribution in [3.8, 4) is 0 Å². The Hall–Kier alpha value is -2.90. The number of para-hydroxylation sites is 1. The van der Waals surface area contributed by atoms with E-state index in [0.717, 1.165) is 23.1 Å². The molecular formula is C23H20FN3O2S. The van der Waals surface area contributed by atoms with Crippen LogP contribution in [0.1, 0.15) is 28.9 Å². The van der Waals surface area contributed by atoms with E-state index in [1.807, 2.05) is 31.2 Å². The van der Waals surface area contributed by atoms with Gasteiger partial charge in [0.2, 0.25) is 0 Å². The maximum absolute atomic E-state index is 13.8. The van der Waals surface area contributed by atoms with Crippen molar-refractivity contribution in [2.75, 3.05) is 18.1 Å². The van der Waals surface area contributed by atoms with Gasteiger partial charge in [-0.15, -0.1) is 0 Å². The van der Waals surface area contributed by atoms with E-state index in [1.165, 1.54) is 23.5 Å². The van der Waals surface area contributed by atoms with Gasteiger partial charge in [-0.2, -0.15) is 0 Å². The minimum absolute atomic E-state index is 0.0207. The number of hydrogen-bond acceptors (Lipinski definition) is 5. The first-order valence-corrected chi connectivity index (χ1v) is 10.8. The van der Waals surface area contributed by atoms with Gasteiger partial charge in [0.1, 0.15) is 5.82 Å². The molecular weight excluding hydrogens is 401 g/mol. The molecule has 1 unspecified atom stereocenters. The van der Waals surface area contributed by atoms with Crippen molar-refractivity contribution in [3.05, 3.63) is 65.6 Å². The molecule has 1 aliphatic rings. The van der Waals surface area contributed by atoms with Crippen molar-refractivity contribution >= 4 is 43.5 Å². The molecule has 1 amide bonds. The summed E-state index contributed by atoms with van der Waals surface area (Å²) in [5.41, 5.74) is 2.49. The predicted molar refractivity (Wildman–Crippen MR) is 117 cm³/mol. The molecule has 5 rings (SSSR count). The molecule has 1 atom stereocenters. The van der Waals surface area contributed by atoms with E-state index < -0.39 is 0 Å². The van der Waals surface area contributed by atoms with Gasteiger partial charge in [0.05, 0.1) is 33.9 Å². The fourth-order valence-corrected chi connectivity index (χ4v) is 4.84. The smallest absolute Gasteiger partial charge is 0.260 e. The van der Waals surface area contributed by atoms with Crippen LogP contribution in [0.25, 0.3) is 21.1 Å². The Morgan fingerprint density at radius 3 is 2.87 bits per heavy atom. The minimum atomic E-state index is -0.374. The number of pyridine rings is 1. The normalized spacial score (nSPS) is 16.4. The van der Waals surface area contributed by atoms with Gasteiger partial charge in [-0.3, -0.25) is 14.7 Å². The van der Waals surface area contributed by atoms with Crippen LogP contribution in [0.3, 0.4) is 0 Å². The molecule has 30 heavy (non-hydrogen) atoms. The summed E-state index contributed by atoms with van der Waals surface area (Å²) < 4.78 is 20.6. The molecule has 4 aromatic rings. The summed E-state index contributed by atoms with van der Waals surface area (Å²) in [5.74, 6) is -0.548. The number of nitrogens with zero attached hydrogens (tertiary/aromatic N) is 3. The largest absolute Gasteiger partial charge is 0.376 e. The third kappa shape index (κ3) is 3.55. The summed E-state index contributed by atoms with van der Waals surface area (Å²) in [6.07, 6.45) is 1.88. The highest BCUT2D eigenvalue weighted by Gasteiger charge is 2.28. The van der Waals surface area contributed by atoms with E-state index in [2.05, 4.69) is 4.98 Å². The van der Waals surface area contributed by atoms with Crippen LogP contribution in [0.4, 0.5) is 9.52 Å². The Labute approximate surface area is 177 Å². The lowest BCUT2D eigenvalue weighted by Gasteiger charge is -2.24. The summed E-state index contributed by atoms with van der Waals surface area (Å²) in [6, 6.07) is 13.9. The average Bonchev–Trinajstić information content (AvgIpc) is 3.40. The zero-order valence-electron chi connectivity index (χ0n) is 16.5. The highest BCUT2D eigenvalue weighted by molar-refractivity contribution is 7.22. The Bertz CT molecular complexity index is 1210. The molecule has 2 aromatic carbocycles. The van der Waals surface area contributed by atoms with Crippen LogP contribution in [0.15, 0.2) is 48.5 Å². The van der Waals surface area contributed by atoms with Crippen molar-refractivity contribution in [2.24, 2.45) is 0 Å². The fraction of sp³-hybridized carbons (Fsp3) is 0.261. The lowest BCUT2D eigenvalue weighted by atomic mass is 10.1. The molecule has 2 aromatic heterocycles. The van der Waals surface area contributed by atoms with Gasteiger partial charge in [0.15, 0.2) is 5.13 Å². The Kier molecular flexibility index (Phi) is 4.92. The average molecular weight is 421 g/mol. The maximum Gasteiger partial charge on any atom is 0.260 e. The standard InChI is InChI=1S/C23H20FN3O2S/c1-14-11-18(17-9-8-15(24)12-20(17)25-14)22(28)27(13-16-5-4-10-29-16)23-26-19-6-2-3-7-21(19)30-23/h2-3,6-9,11-12,16H,4-5,10,13H2,1H3. The summed E-state index contributed by atoms with van der Waals surface area (Å²) in [4.78, 5) is 24.6. The van der Waals surface area contributed by atoms with Crippen LogP contribution in [-0.4, -0.2) is 35.1 Å². The first-order valence-electron chi connectivity index (χ1n) is 9.94. The third-order valence-corrected chi connectivity index (χ3v) is 6.36. The van der Waals surface area contributed by atoms with Gasteiger partial charge in [-0.05, 0) is 50.1 Å². The number of fused-ring (bicyclic) bond motifs is 2. The number of hydrogen-bond donors (Lipinski definition) is 0. The van der Waals surface area contributed by atoms with Crippen LogP contribution in [0.2, 0.25) is 0 Å². The van der Waals surface area contributed by atoms with Crippen molar-refractivity contribution in [2.45, 2.75) is 25.9 Å². The number of anilines is 1. The van der Waals surface area contributed by atoms with Gasteiger partial charge < -0.3 is 4.74 Å². The fourth-order valence-electron chi connectivity index (χ4n) is 3.87. The lowest BCUT2D eigenvalue weighted by Crippen LogP contribution is -2.37. The van der Waals surface area contributed by atoms with E-state index in [9.17, 15) is 9.18 Å². The molecule has 0 aliphatic carbocycles. The van der Waals surface area contributed by atoms with E-state index in [4.69, 9.17) is 9.72 Å². The van der Waals surface area contributed by atoms with Crippen molar-refractivity contribution in [1.82, 2.24) is 9.97 Å². The Morgan fingerprint density at radius 1 is 1.20 bits per heavy atom. The molecule has 7 heteroatoms. The van der Waals surface area contributed by atoms with Crippen molar-refractivity contribution in [3.63, 3.8) is 0 Å². The Balaban J connectivity index is 1.62. The number of carbonyl (C=O) groups excluding carboxylic acids is 1. The SMILES string of the molecule is Cc1cc(C(=O)N(CC2CCCO2)c2nc3ccccc3s2)c2ccc(F)cc2n1. The number of amides is 1. The number of aromatic nitrogens is 2. The highest BCUT2D eigenvalue weighted by atomic mass is 32.1. The number of rotatable bonds is 4. The van der Waals surface area contributed by atoms with Crippen molar-refractivity contribution < 1.29 is 13.9 Å². The summed E-state index contributed by atoms with van der Waals surface area (Å²) >= 11 is 1.49. The van der Waals surface area contributed by atoms with E-state index >= 15 is 0 Å². The maximum atomic E-state index is 13.8. The van der Waals surface area contributed by atoms with Gasteiger partial charge in [0, 0.05) is 23.8 Å². The summed E-state index contributed by atoms with van der Waals surface area (Å²) in [7, 11) is 0. The van der Waals surface area contributed by atoms with Crippen LogP contribution < -0.4 is 4.90 Å². The molecule has 3 heterocycles. The molecule has 0 N–H and O–H groups in total. The number of carbonyl (C=O) groups is 1. The summed E-state index contributed by atoms with van der Waals surface area (Å²) in [5, 5.41) is 1.27. The quantitative estimate of drug-likeness (QED) is 0.459. The first-order chi connectivity index (χ1) is 14.6. The molecule has 152 valence electrons. The molecule has 0 radical (unpaired) electrons. The lowest BCUT2D eigenvalue weighted by molar-refractivity contribution is 0.0918. The van der Waals surface area contributed by atoms with E-state index in [1.54, 1.807) is 17.0 Å². The van der Waals surface area contributed by atoms with Crippen LogP contribution >= 0.6 is 11.3 Å². The topological polar surface area (TPSA) is 55.3 Å². The number of aryl methyl sites for hydroxylation is 1. The van der Waals surface area contributed by atoms with Gasteiger partial charge >= 0.3 is 0 Å². The molecule has 5 nitrogen and oxygen atoms in total. The van der Waals surface area contributed by atoms with Gasteiger partial charge in [0.25, 0.3) is 5.91 Å². The van der Waals surface area contributed by atoms with Crippen LogP contribution in [-0.2, 0) is 4.74 Å². The molecule has 0 spiro atoms. The predicted octanol–water partition coefficient (Wildman–Crippen LogP) is 5.12. The second-order valence-electron chi connectivity index (χ2n) is 7.49. The second-order valence-corrected chi connectivity index (χ2v) is 8.50. The molecule has 1 aliphatic heterocycles. The van der Waals surface area contributed by atoms with Crippen molar-refractivity contribution in [1.29, 1.82) is 0 Å². The molecule has 1 fully saturated rings. The second kappa shape index (κ2) is 7.74. The molecule has 0 bridgehead atoms. The van der Waals surface area contributed by atoms with E-state index in [0.29, 0.717) is 40.4 Å². The van der Waals surface area contributed by atoms with Crippen LogP contribution in [0.5, 0.6) is 0 Å². The Morgan fingerprint density at radius 2 is 2.07 bits per heavy atom. The summed E-state index contributed by atoms with van der Waals surface area (Å²) in [6.45, 7) is 2.95. The van der Waals surface area contributed by atoms with Gasteiger partial charge in [-0.25, -0.2) is 9.37 Å². The third-order valence-electron chi connectivity index (χ3n) is 5.30. The minimum Gasteiger partial charge on any atom is -0.376 e. The highest BCUT2D eigenvalue weighted by Crippen LogP contribution is 2.32.